The van der Waals surface area contributed by atoms with Gasteiger partial charge in [0.15, 0.2) is 0 Å². The Kier molecular flexibility index (Phi) is 4.91. The number of ether oxygens (including phenoxy) is 1. The van der Waals surface area contributed by atoms with Crippen molar-refractivity contribution in [2.75, 3.05) is 13.2 Å². The second-order valence-corrected chi connectivity index (χ2v) is 6.63. The zero-order valence-corrected chi connectivity index (χ0v) is 12.4. The zero-order valence-electron chi connectivity index (χ0n) is 9.99. The predicted octanol–water partition coefficient (Wildman–Crippen LogP) is 3.74. The molecule has 1 aromatic carbocycles. The van der Waals surface area contributed by atoms with Crippen LogP contribution in [0.2, 0.25) is 0 Å². The molecule has 0 saturated carbocycles. The highest BCUT2D eigenvalue weighted by molar-refractivity contribution is 9.10. The normalized spacial score (nSPS) is 19.2. The smallest absolute Gasteiger partial charge is 0.0476 e. The SMILES string of the molecule is CC(N)c1ccc(SC2CCOCC2)cc1Br. The van der Waals surface area contributed by atoms with E-state index >= 15 is 0 Å². The van der Waals surface area contributed by atoms with Crippen LogP contribution in [-0.4, -0.2) is 18.5 Å². The maximum atomic E-state index is 5.90. The molecular weight excluding hydrogens is 298 g/mol. The van der Waals surface area contributed by atoms with Crippen molar-refractivity contribution in [3.8, 4) is 0 Å². The Morgan fingerprint density at radius 2 is 2.12 bits per heavy atom. The number of halogens is 1. The summed E-state index contributed by atoms with van der Waals surface area (Å²) in [5.41, 5.74) is 7.06. The third kappa shape index (κ3) is 3.71. The first-order valence-corrected chi connectivity index (χ1v) is 7.63. The molecule has 2 rings (SSSR count). The lowest BCUT2D eigenvalue weighted by Gasteiger charge is -2.21. The molecule has 0 bridgehead atoms. The van der Waals surface area contributed by atoms with E-state index in [1.807, 2.05) is 18.7 Å². The largest absolute Gasteiger partial charge is 0.381 e. The van der Waals surface area contributed by atoms with E-state index in [2.05, 4.69) is 34.1 Å². The van der Waals surface area contributed by atoms with Crippen LogP contribution in [0.25, 0.3) is 0 Å². The lowest BCUT2D eigenvalue weighted by molar-refractivity contribution is 0.100. The highest BCUT2D eigenvalue weighted by Crippen LogP contribution is 2.33. The number of nitrogens with two attached hydrogens (primary N) is 1. The number of rotatable bonds is 3. The number of hydrogen-bond donors (Lipinski definition) is 1. The summed E-state index contributed by atoms with van der Waals surface area (Å²) in [6.07, 6.45) is 2.30. The van der Waals surface area contributed by atoms with Crippen LogP contribution in [0.4, 0.5) is 0 Å². The van der Waals surface area contributed by atoms with E-state index in [0.717, 1.165) is 30.5 Å². The van der Waals surface area contributed by atoms with E-state index in [1.165, 1.54) is 10.5 Å². The summed E-state index contributed by atoms with van der Waals surface area (Å²) in [4.78, 5) is 1.31. The molecule has 0 spiro atoms. The lowest BCUT2D eigenvalue weighted by Crippen LogP contribution is -2.17. The van der Waals surface area contributed by atoms with Gasteiger partial charge < -0.3 is 10.5 Å². The molecule has 0 aliphatic carbocycles. The predicted molar refractivity (Wildman–Crippen MR) is 76.4 cm³/mol. The second-order valence-electron chi connectivity index (χ2n) is 4.40. The Morgan fingerprint density at radius 1 is 1.41 bits per heavy atom. The number of benzene rings is 1. The van der Waals surface area contributed by atoms with Crippen molar-refractivity contribution in [2.24, 2.45) is 5.73 Å². The fourth-order valence-electron chi connectivity index (χ4n) is 1.94. The summed E-state index contributed by atoms with van der Waals surface area (Å²) in [6.45, 7) is 3.80. The Labute approximate surface area is 115 Å². The third-order valence-electron chi connectivity index (χ3n) is 2.93. The molecule has 1 unspecified atom stereocenters. The Morgan fingerprint density at radius 3 is 2.71 bits per heavy atom. The summed E-state index contributed by atoms with van der Waals surface area (Å²) in [5.74, 6) is 0. The van der Waals surface area contributed by atoms with Crippen molar-refractivity contribution < 1.29 is 4.74 Å². The van der Waals surface area contributed by atoms with Crippen LogP contribution < -0.4 is 5.73 Å². The molecule has 2 nitrogen and oxygen atoms in total. The van der Waals surface area contributed by atoms with Gasteiger partial charge in [0.2, 0.25) is 0 Å². The van der Waals surface area contributed by atoms with Gasteiger partial charge in [-0.15, -0.1) is 11.8 Å². The molecule has 0 radical (unpaired) electrons. The highest BCUT2D eigenvalue weighted by atomic mass is 79.9. The Hall–Kier alpha value is -0.0300. The molecule has 4 heteroatoms. The van der Waals surface area contributed by atoms with Gasteiger partial charge in [-0.25, -0.2) is 0 Å². The van der Waals surface area contributed by atoms with Gasteiger partial charge in [0.1, 0.15) is 0 Å². The topological polar surface area (TPSA) is 35.2 Å². The lowest BCUT2D eigenvalue weighted by atomic mass is 10.1. The molecule has 0 amide bonds. The van der Waals surface area contributed by atoms with E-state index in [-0.39, 0.29) is 6.04 Å². The summed E-state index contributed by atoms with van der Waals surface area (Å²) in [7, 11) is 0. The molecular formula is C13H18BrNOS. The van der Waals surface area contributed by atoms with E-state index in [4.69, 9.17) is 10.5 Å². The van der Waals surface area contributed by atoms with Crippen molar-refractivity contribution in [2.45, 2.75) is 36.0 Å². The minimum Gasteiger partial charge on any atom is -0.381 e. The summed E-state index contributed by atoms with van der Waals surface area (Å²) in [6, 6.07) is 6.55. The molecule has 17 heavy (non-hydrogen) atoms. The summed E-state index contributed by atoms with van der Waals surface area (Å²) < 4.78 is 6.49. The molecule has 1 atom stereocenters. The van der Waals surface area contributed by atoms with Gasteiger partial charge in [0.05, 0.1) is 0 Å². The van der Waals surface area contributed by atoms with Crippen LogP contribution in [-0.2, 0) is 4.74 Å². The molecule has 1 aromatic rings. The standard InChI is InChI=1S/C13H18BrNOS/c1-9(15)12-3-2-11(8-13(12)14)17-10-4-6-16-7-5-10/h2-3,8-10H,4-7,15H2,1H3. The average Bonchev–Trinajstić information content (AvgIpc) is 2.30. The zero-order chi connectivity index (χ0) is 12.3. The number of thioether (sulfide) groups is 1. The van der Waals surface area contributed by atoms with Crippen LogP contribution in [0, 0.1) is 0 Å². The molecule has 94 valence electrons. The fraction of sp³-hybridized carbons (Fsp3) is 0.538. The van der Waals surface area contributed by atoms with E-state index in [1.54, 1.807) is 0 Å². The van der Waals surface area contributed by atoms with Gasteiger partial charge >= 0.3 is 0 Å². The Bertz CT molecular complexity index is 378. The third-order valence-corrected chi connectivity index (χ3v) is 4.95. The summed E-state index contributed by atoms with van der Waals surface area (Å²) in [5, 5.41) is 0.691. The van der Waals surface area contributed by atoms with Gasteiger partial charge in [-0.3, -0.25) is 0 Å². The maximum Gasteiger partial charge on any atom is 0.0476 e. The average molecular weight is 316 g/mol. The summed E-state index contributed by atoms with van der Waals surface area (Å²) >= 11 is 5.54. The van der Waals surface area contributed by atoms with Gasteiger partial charge in [-0.1, -0.05) is 22.0 Å². The van der Waals surface area contributed by atoms with Crippen molar-refractivity contribution >= 4 is 27.7 Å². The van der Waals surface area contributed by atoms with Crippen molar-refractivity contribution in [3.63, 3.8) is 0 Å². The van der Waals surface area contributed by atoms with Crippen LogP contribution >= 0.6 is 27.7 Å². The molecule has 1 saturated heterocycles. The Balaban J connectivity index is 2.04. The highest BCUT2D eigenvalue weighted by Gasteiger charge is 2.15. The maximum absolute atomic E-state index is 5.90. The van der Waals surface area contributed by atoms with E-state index < -0.39 is 0 Å². The van der Waals surface area contributed by atoms with Crippen molar-refractivity contribution in [1.29, 1.82) is 0 Å². The quantitative estimate of drug-likeness (QED) is 0.922. The van der Waals surface area contributed by atoms with Crippen LogP contribution in [0.5, 0.6) is 0 Å². The van der Waals surface area contributed by atoms with Gasteiger partial charge in [0, 0.05) is 33.9 Å². The van der Waals surface area contributed by atoms with Crippen molar-refractivity contribution in [1.82, 2.24) is 0 Å². The fourth-order valence-corrected chi connectivity index (χ4v) is 3.97. The van der Waals surface area contributed by atoms with Gasteiger partial charge in [-0.05, 0) is 37.5 Å². The first-order valence-electron chi connectivity index (χ1n) is 5.96. The van der Waals surface area contributed by atoms with Crippen LogP contribution in [0.1, 0.15) is 31.4 Å². The minimum absolute atomic E-state index is 0.0755. The van der Waals surface area contributed by atoms with E-state index in [9.17, 15) is 0 Å². The number of hydrogen-bond acceptors (Lipinski definition) is 3. The second kappa shape index (κ2) is 6.23. The molecule has 1 fully saturated rings. The first-order chi connectivity index (χ1) is 8.16. The van der Waals surface area contributed by atoms with Crippen molar-refractivity contribution in [3.05, 3.63) is 28.2 Å². The molecule has 2 N–H and O–H groups in total. The van der Waals surface area contributed by atoms with Crippen LogP contribution in [0.15, 0.2) is 27.6 Å². The van der Waals surface area contributed by atoms with Crippen LogP contribution in [0.3, 0.4) is 0 Å². The van der Waals surface area contributed by atoms with Gasteiger partial charge in [0.25, 0.3) is 0 Å². The molecule has 0 aromatic heterocycles. The molecule has 1 heterocycles. The molecule has 1 aliphatic rings. The van der Waals surface area contributed by atoms with Gasteiger partial charge in [-0.2, -0.15) is 0 Å². The monoisotopic (exact) mass is 315 g/mol. The minimum atomic E-state index is 0.0755. The molecule has 1 aliphatic heterocycles. The van der Waals surface area contributed by atoms with E-state index in [0.29, 0.717) is 5.25 Å². The first kappa shape index (κ1) is 13.4.